The van der Waals surface area contributed by atoms with E-state index in [0.29, 0.717) is 17.9 Å². The first-order chi connectivity index (χ1) is 8.10. The Morgan fingerprint density at radius 2 is 2.12 bits per heavy atom. The van der Waals surface area contributed by atoms with Gasteiger partial charge in [0.2, 0.25) is 0 Å². The molecule has 0 heterocycles. The average Bonchev–Trinajstić information content (AvgIpc) is 2.25. The van der Waals surface area contributed by atoms with Crippen molar-refractivity contribution in [1.29, 1.82) is 0 Å². The number of methoxy groups -OCH3 is 1. The van der Waals surface area contributed by atoms with Gasteiger partial charge >= 0.3 is 0 Å². The molecule has 0 aliphatic heterocycles. The molecule has 1 aliphatic rings. The molecule has 1 aliphatic carbocycles. The van der Waals surface area contributed by atoms with E-state index in [2.05, 4.69) is 12.2 Å². The second kappa shape index (κ2) is 5.07. The molecule has 94 valence electrons. The van der Waals surface area contributed by atoms with E-state index in [0.717, 1.165) is 18.4 Å². The smallest absolute Gasteiger partial charge is 0.120 e. The molecule has 0 spiro atoms. The van der Waals surface area contributed by atoms with Crippen LogP contribution in [0.15, 0.2) is 18.2 Å². The molecule has 3 heteroatoms. The average molecular weight is 235 g/mol. The zero-order valence-corrected chi connectivity index (χ0v) is 10.7. The van der Waals surface area contributed by atoms with E-state index in [1.807, 2.05) is 19.1 Å². The summed E-state index contributed by atoms with van der Waals surface area (Å²) in [6.45, 7) is 4.13. The first kappa shape index (κ1) is 12.4. The lowest BCUT2D eigenvalue weighted by Gasteiger charge is -2.37. The van der Waals surface area contributed by atoms with E-state index >= 15 is 0 Å². The molecule has 1 fully saturated rings. The van der Waals surface area contributed by atoms with Crippen molar-refractivity contribution in [3.63, 3.8) is 0 Å². The maximum absolute atomic E-state index is 9.84. The molecule has 1 aromatic carbocycles. The molecule has 1 saturated carbocycles. The molecule has 2 rings (SSSR count). The fourth-order valence-electron chi connectivity index (χ4n) is 2.36. The van der Waals surface area contributed by atoms with Crippen molar-refractivity contribution in [2.45, 2.75) is 44.9 Å². The van der Waals surface area contributed by atoms with Gasteiger partial charge in [-0.2, -0.15) is 0 Å². The van der Waals surface area contributed by atoms with Gasteiger partial charge in [-0.25, -0.2) is 0 Å². The number of rotatable bonds is 4. The largest absolute Gasteiger partial charge is 0.508 e. The standard InChI is InChI=1S/C14H21NO2/c1-9-4-5-14(16)13(6-9)10(2)15-11-7-12(8-11)17-3/h4-6,10-12,15-16H,7-8H2,1-3H3. The van der Waals surface area contributed by atoms with Crippen LogP contribution in [0.3, 0.4) is 0 Å². The summed E-state index contributed by atoms with van der Waals surface area (Å²) in [7, 11) is 1.76. The Kier molecular flexibility index (Phi) is 3.69. The fraction of sp³-hybridized carbons (Fsp3) is 0.571. The second-order valence-electron chi connectivity index (χ2n) is 4.98. The predicted molar refractivity (Wildman–Crippen MR) is 68.2 cm³/mol. The van der Waals surface area contributed by atoms with Crippen LogP contribution in [0.2, 0.25) is 0 Å². The summed E-state index contributed by atoms with van der Waals surface area (Å²) in [5.41, 5.74) is 2.15. The molecular weight excluding hydrogens is 214 g/mol. The Labute approximate surface area is 103 Å². The van der Waals surface area contributed by atoms with Gasteiger partial charge in [0.25, 0.3) is 0 Å². The van der Waals surface area contributed by atoms with Crippen LogP contribution in [0.4, 0.5) is 0 Å². The van der Waals surface area contributed by atoms with Crippen LogP contribution in [-0.4, -0.2) is 24.4 Å². The molecule has 17 heavy (non-hydrogen) atoms. The molecule has 1 aromatic rings. The third-order valence-corrected chi connectivity index (χ3v) is 3.56. The molecule has 3 nitrogen and oxygen atoms in total. The van der Waals surface area contributed by atoms with Gasteiger partial charge in [0.15, 0.2) is 0 Å². The predicted octanol–water partition coefficient (Wildman–Crippen LogP) is 2.53. The van der Waals surface area contributed by atoms with Crippen molar-refractivity contribution in [3.05, 3.63) is 29.3 Å². The Balaban J connectivity index is 1.95. The van der Waals surface area contributed by atoms with E-state index in [-0.39, 0.29) is 6.04 Å². The summed E-state index contributed by atoms with van der Waals surface area (Å²) in [5, 5.41) is 13.4. The molecule has 0 radical (unpaired) electrons. The number of phenolic OH excluding ortho intramolecular Hbond substituents is 1. The van der Waals surface area contributed by atoms with Crippen molar-refractivity contribution in [2.75, 3.05) is 7.11 Å². The Hall–Kier alpha value is -1.06. The van der Waals surface area contributed by atoms with Crippen molar-refractivity contribution >= 4 is 0 Å². The summed E-state index contributed by atoms with van der Waals surface area (Å²) in [5.74, 6) is 0.373. The highest BCUT2D eigenvalue weighted by Crippen LogP contribution is 2.29. The highest BCUT2D eigenvalue weighted by molar-refractivity contribution is 5.37. The molecule has 2 N–H and O–H groups in total. The Morgan fingerprint density at radius 1 is 1.41 bits per heavy atom. The minimum Gasteiger partial charge on any atom is -0.508 e. The summed E-state index contributed by atoms with van der Waals surface area (Å²) in [6, 6.07) is 6.42. The van der Waals surface area contributed by atoms with E-state index in [1.54, 1.807) is 13.2 Å². The van der Waals surface area contributed by atoms with Gasteiger partial charge in [-0.1, -0.05) is 17.7 Å². The normalized spacial score (nSPS) is 25.4. The van der Waals surface area contributed by atoms with Gasteiger partial charge in [0.05, 0.1) is 6.10 Å². The van der Waals surface area contributed by atoms with Crippen molar-refractivity contribution in [2.24, 2.45) is 0 Å². The Morgan fingerprint density at radius 3 is 2.76 bits per heavy atom. The fourth-order valence-corrected chi connectivity index (χ4v) is 2.36. The highest BCUT2D eigenvalue weighted by atomic mass is 16.5. The number of nitrogens with one attached hydrogen (secondary N) is 1. The van der Waals surface area contributed by atoms with Gasteiger partial charge in [0, 0.05) is 24.8 Å². The van der Waals surface area contributed by atoms with Gasteiger partial charge in [0.1, 0.15) is 5.75 Å². The number of hydrogen-bond acceptors (Lipinski definition) is 3. The summed E-state index contributed by atoms with van der Waals surface area (Å²) >= 11 is 0. The monoisotopic (exact) mass is 235 g/mol. The van der Waals surface area contributed by atoms with Crippen molar-refractivity contribution in [3.8, 4) is 5.75 Å². The van der Waals surface area contributed by atoms with Crippen LogP contribution in [0.1, 0.15) is 36.9 Å². The minimum atomic E-state index is 0.178. The third-order valence-electron chi connectivity index (χ3n) is 3.56. The highest BCUT2D eigenvalue weighted by Gasteiger charge is 2.30. The van der Waals surface area contributed by atoms with E-state index in [4.69, 9.17) is 4.74 Å². The van der Waals surface area contributed by atoms with Crippen LogP contribution in [0.25, 0.3) is 0 Å². The van der Waals surface area contributed by atoms with Gasteiger partial charge in [-0.05, 0) is 32.8 Å². The van der Waals surface area contributed by atoms with Crippen molar-refractivity contribution < 1.29 is 9.84 Å². The molecule has 0 aromatic heterocycles. The van der Waals surface area contributed by atoms with Gasteiger partial charge < -0.3 is 15.2 Å². The number of phenols is 1. The second-order valence-corrected chi connectivity index (χ2v) is 4.98. The summed E-state index contributed by atoms with van der Waals surface area (Å²) in [6.07, 6.45) is 2.53. The molecule has 1 atom stereocenters. The van der Waals surface area contributed by atoms with E-state index < -0.39 is 0 Å². The van der Waals surface area contributed by atoms with Crippen molar-refractivity contribution in [1.82, 2.24) is 5.32 Å². The Bertz CT molecular complexity index is 386. The maximum atomic E-state index is 9.84. The molecule has 0 saturated heterocycles. The summed E-state index contributed by atoms with van der Waals surface area (Å²) < 4.78 is 5.26. The zero-order chi connectivity index (χ0) is 12.4. The molecule has 1 unspecified atom stereocenters. The van der Waals surface area contributed by atoms with Gasteiger partial charge in [-0.3, -0.25) is 0 Å². The number of benzene rings is 1. The maximum Gasteiger partial charge on any atom is 0.120 e. The summed E-state index contributed by atoms with van der Waals surface area (Å²) in [4.78, 5) is 0. The van der Waals surface area contributed by atoms with Crippen LogP contribution in [0.5, 0.6) is 5.75 Å². The SMILES string of the molecule is COC1CC(NC(C)c2cc(C)ccc2O)C1. The molecule has 0 amide bonds. The first-order valence-electron chi connectivity index (χ1n) is 6.18. The molecular formula is C14H21NO2. The van der Waals surface area contributed by atoms with Crippen LogP contribution < -0.4 is 5.32 Å². The number of aryl methyl sites for hydroxylation is 1. The van der Waals surface area contributed by atoms with Crippen LogP contribution in [-0.2, 0) is 4.74 Å². The number of hydrogen-bond donors (Lipinski definition) is 2. The minimum absolute atomic E-state index is 0.178. The van der Waals surface area contributed by atoms with E-state index in [9.17, 15) is 5.11 Å². The van der Waals surface area contributed by atoms with Gasteiger partial charge in [-0.15, -0.1) is 0 Å². The lowest BCUT2D eigenvalue weighted by Crippen LogP contribution is -2.45. The van der Waals surface area contributed by atoms with E-state index in [1.165, 1.54) is 5.56 Å². The van der Waals surface area contributed by atoms with Crippen LogP contribution >= 0.6 is 0 Å². The number of ether oxygens (including phenoxy) is 1. The lowest BCUT2D eigenvalue weighted by atomic mass is 9.88. The third kappa shape index (κ3) is 2.79. The zero-order valence-electron chi connectivity index (χ0n) is 10.7. The number of aromatic hydroxyl groups is 1. The quantitative estimate of drug-likeness (QED) is 0.842. The lowest BCUT2D eigenvalue weighted by molar-refractivity contribution is 0.0146. The molecule has 0 bridgehead atoms. The first-order valence-corrected chi connectivity index (χ1v) is 6.18. The topological polar surface area (TPSA) is 41.5 Å². The van der Waals surface area contributed by atoms with Crippen LogP contribution in [0, 0.1) is 6.92 Å².